The Morgan fingerprint density at radius 2 is 1.48 bits per heavy atom. The second-order valence-corrected chi connectivity index (χ2v) is 7.76. The predicted octanol–water partition coefficient (Wildman–Crippen LogP) is 7.63. The van der Waals surface area contributed by atoms with Crippen molar-refractivity contribution in [3.63, 3.8) is 0 Å². The molecule has 0 bridgehead atoms. The Hall–Kier alpha value is -6.14. The number of hydrogen-bond donors (Lipinski definition) is 1. The van der Waals surface area contributed by atoms with Crippen LogP contribution in [0.2, 0.25) is 0 Å². The van der Waals surface area contributed by atoms with Gasteiger partial charge in [-0.2, -0.15) is 5.11 Å². The normalized spacial score (nSPS) is 10.1. The third kappa shape index (κ3) is 8.19. The number of carbonyl (C=O) groups is 1. The van der Waals surface area contributed by atoms with Crippen LogP contribution in [0.4, 0.5) is 34.1 Å². The van der Waals surface area contributed by atoms with Gasteiger partial charge in [-0.3, -0.25) is 14.9 Å². The molecule has 0 fully saturated rings. The van der Waals surface area contributed by atoms with E-state index in [1.165, 1.54) is 36.4 Å². The van der Waals surface area contributed by atoms with E-state index in [0.717, 1.165) is 11.8 Å². The van der Waals surface area contributed by atoms with Crippen molar-refractivity contribution < 1.29 is 9.72 Å². The molecule has 1 N–H and O–H groups in total. The van der Waals surface area contributed by atoms with E-state index in [9.17, 15) is 14.9 Å². The van der Waals surface area contributed by atoms with Crippen molar-refractivity contribution in [2.24, 2.45) is 25.6 Å². The second kappa shape index (κ2) is 14.6. The van der Waals surface area contributed by atoms with Gasteiger partial charge in [0.15, 0.2) is 5.69 Å². The van der Waals surface area contributed by atoms with Gasteiger partial charge >= 0.3 is 0 Å². The lowest BCUT2D eigenvalue weighted by atomic mass is 10.1. The lowest BCUT2D eigenvalue weighted by molar-refractivity contribution is -0.384. The van der Waals surface area contributed by atoms with Crippen LogP contribution in [-0.4, -0.2) is 37.0 Å². The van der Waals surface area contributed by atoms with Gasteiger partial charge in [0.05, 0.1) is 10.6 Å². The number of nitro groups is 1. The predicted molar refractivity (Wildman–Crippen MR) is 147 cm³/mol. The quantitative estimate of drug-likeness (QED) is 0.0754. The van der Waals surface area contributed by atoms with Gasteiger partial charge in [-0.15, -0.1) is 5.11 Å². The van der Waals surface area contributed by atoms with Gasteiger partial charge in [-0.1, -0.05) is 27.5 Å². The van der Waals surface area contributed by atoms with Crippen molar-refractivity contribution in [1.82, 2.24) is 0 Å². The molecule has 0 spiro atoms. The van der Waals surface area contributed by atoms with Crippen LogP contribution in [0.25, 0.3) is 31.3 Å². The van der Waals surface area contributed by atoms with Gasteiger partial charge in [-0.05, 0) is 65.1 Å². The number of anilines is 2. The van der Waals surface area contributed by atoms with Crippen LogP contribution in [0.1, 0.15) is 10.4 Å². The maximum atomic E-state index is 12.6. The Morgan fingerprint density at radius 3 is 2.05 bits per heavy atom. The van der Waals surface area contributed by atoms with Gasteiger partial charge < -0.3 is 10.2 Å². The summed E-state index contributed by atoms with van der Waals surface area (Å²) in [4.78, 5) is 33.6. The van der Waals surface area contributed by atoms with E-state index in [1.807, 2.05) is 4.90 Å². The molecular formula is C23H20N14O3. The number of nitrogens with one attached hydrogen (secondary N) is 1. The molecule has 0 heterocycles. The van der Waals surface area contributed by atoms with E-state index in [2.05, 4.69) is 45.6 Å². The van der Waals surface area contributed by atoms with Crippen molar-refractivity contribution in [1.29, 1.82) is 0 Å². The van der Waals surface area contributed by atoms with Crippen LogP contribution < -0.4 is 10.2 Å². The highest BCUT2D eigenvalue weighted by atomic mass is 16.6. The average Bonchev–Trinajstić information content (AvgIpc) is 2.97. The minimum Gasteiger partial charge on any atom is -0.371 e. The van der Waals surface area contributed by atoms with Crippen LogP contribution in [0.15, 0.2) is 92.3 Å². The third-order valence-electron chi connectivity index (χ3n) is 5.27. The minimum atomic E-state index is -0.658. The maximum absolute atomic E-state index is 12.6. The number of carbonyl (C=O) groups excluding carboxylic acids is 1. The Kier molecular flexibility index (Phi) is 10.4. The van der Waals surface area contributed by atoms with Gasteiger partial charge in [0.25, 0.3) is 11.6 Å². The topological polar surface area (TPSA) is 246 Å². The third-order valence-corrected chi connectivity index (χ3v) is 5.27. The highest BCUT2D eigenvalue weighted by Gasteiger charge is 2.18. The van der Waals surface area contributed by atoms with E-state index in [1.54, 1.807) is 24.3 Å². The Morgan fingerprint density at radius 1 is 0.850 bits per heavy atom. The zero-order valence-corrected chi connectivity index (χ0v) is 20.7. The number of hydrogen-bond acceptors (Lipinski definition) is 9. The van der Waals surface area contributed by atoms with Crippen LogP contribution in [0.5, 0.6) is 0 Å². The first-order valence-corrected chi connectivity index (χ1v) is 11.5. The monoisotopic (exact) mass is 540 g/mol. The van der Waals surface area contributed by atoms with Gasteiger partial charge in [0, 0.05) is 69.6 Å². The van der Waals surface area contributed by atoms with Gasteiger partial charge in [0.2, 0.25) is 0 Å². The molecule has 0 atom stereocenters. The van der Waals surface area contributed by atoms with E-state index < -0.39 is 16.5 Å². The molecule has 0 aliphatic rings. The van der Waals surface area contributed by atoms with Crippen molar-refractivity contribution in [3.05, 3.63) is 114 Å². The van der Waals surface area contributed by atoms with E-state index >= 15 is 0 Å². The number of azo groups is 1. The molecule has 3 aromatic carbocycles. The highest BCUT2D eigenvalue weighted by Crippen LogP contribution is 2.31. The molecule has 1 amide bonds. The molecule has 0 aliphatic heterocycles. The molecule has 17 nitrogen and oxygen atoms in total. The molecule has 40 heavy (non-hydrogen) atoms. The molecule has 17 heteroatoms. The summed E-state index contributed by atoms with van der Waals surface area (Å²) in [5.41, 5.74) is 27.0. The summed E-state index contributed by atoms with van der Waals surface area (Å²) in [6.45, 7) is 1.24. The molecular weight excluding hydrogens is 520 g/mol. The molecule has 200 valence electrons. The van der Waals surface area contributed by atoms with Crippen molar-refractivity contribution >= 4 is 40.0 Å². The molecule has 3 aromatic rings. The lowest BCUT2D eigenvalue weighted by Crippen LogP contribution is -2.28. The van der Waals surface area contributed by atoms with Crippen molar-refractivity contribution in [3.8, 4) is 0 Å². The zero-order chi connectivity index (χ0) is 28.7. The largest absolute Gasteiger partial charge is 0.371 e. The minimum absolute atomic E-state index is 0.0377. The van der Waals surface area contributed by atoms with Crippen LogP contribution in [0.3, 0.4) is 0 Å². The van der Waals surface area contributed by atoms with E-state index in [4.69, 9.17) is 16.6 Å². The Labute approximate surface area is 225 Å². The highest BCUT2D eigenvalue weighted by molar-refractivity contribution is 6.05. The second-order valence-electron chi connectivity index (χ2n) is 7.76. The maximum Gasteiger partial charge on any atom is 0.297 e. The number of rotatable bonds is 13. The number of nitro benzene ring substituents is 1. The molecule has 0 unspecified atom stereocenters. The fourth-order valence-electron chi connectivity index (χ4n) is 3.39. The van der Waals surface area contributed by atoms with Crippen molar-refractivity contribution in [2.75, 3.05) is 36.4 Å². The van der Waals surface area contributed by atoms with Gasteiger partial charge in [-0.25, -0.2) is 0 Å². The van der Waals surface area contributed by atoms with E-state index in [-0.39, 0.29) is 24.3 Å². The zero-order valence-electron chi connectivity index (χ0n) is 20.7. The molecule has 0 saturated heterocycles. The first kappa shape index (κ1) is 28.4. The van der Waals surface area contributed by atoms with Gasteiger partial charge in [0.1, 0.15) is 0 Å². The summed E-state index contributed by atoms with van der Waals surface area (Å²) in [6.07, 6.45) is 0. The molecule has 0 aromatic heterocycles. The fourth-order valence-corrected chi connectivity index (χ4v) is 3.39. The number of azide groups is 3. The smallest absolute Gasteiger partial charge is 0.297 e. The standard InChI is InChI=1S/C23H20N14O3/c24-33-27-11-13-36(14-12-28-34-25)20-8-6-18(7-9-20)30-32-21-10-1-16(15-22(21)37(39)40)23(38)29-17-2-4-19(5-3-17)31-35-26/h1-10,15H,11-14H2,(H,29,38). The molecule has 0 aliphatic carbocycles. The lowest BCUT2D eigenvalue weighted by Gasteiger charge is -2.23. The Bertz CT molecular complexity index is 1510. The fraction of sp³-hybridized carbons (Fsp3) is 0.174. The number of benzene rings is 3. The summed E-state index contributed by atoms with van der Waals surface area (Å²) >= 11 is 0. The van der Waals surface area contributed by atoms with Crippen LogP contribution in [-0.2, 0) is 0 Å². The SMILES string of the molecule is [N-]=[N+]=NCCN(CCN=[N+]=[N-])c1ccc(N=Nc2ccc(C(=O)Nc3ccc(N=[N+]=[N-])cc3)cc2[N+](=O)[O-])cc1. The first-order chi connectivity index (χ1) is 19.4. The summed E-state index contributed by atoms with van der Waals surface area (Å²) in [6, 6.07) is 16.7. The average molecular weight is 541 g/mol. The Balaban J connectivity index is 1.74. The van der Waals surface area contributed by atoms with Crippen molar-refractivity contribution in [2.45, 2.75) is 0 Å². The van der Waals surface area contributed by atoms with Crippen LogP contribution >= 0.6 is 0 Å². The van der Waals surface area contributed by atoms with Crippen LogP contribution in [0, 0.1) is 10.1 Å². The first-order valence-electron chi connectivity index (χ1n) is 11.5. The molecule has 3 rings (SSSR count). The number of amides is 1. The van der Waals surface area contributed by atoms with E-state index in [0.29, 0.717) is 30.2 Å². The summed E-state index contributed by atoms with van der Waals surface area (Å²) in [5, 5.41) is 32.8. The summed E-state index contributed by atoms with van der Waals surface area (Å²) < 4.78 is 0. The summed E-state index contributed by atoms with van der Waals surface area (Å²) in [5.74, 6) is -0.579. The molecule has 0 radical (unpaired) electrons. The summed E-state index contributed by atoms with van der Waals surface area (Å²) in [7, 11) is 0. The number of nitrogens with zero attached hydrogens (tertiary/aromatic N) is 13. The molecule has 0 saturated carbocycles.